The van der Waals surface area contributed by atoms with Gasteiger partial charge in [0.15, 0.2) is 0 Å². The number of para-hydroxylation sites is 1. The van der Waals surface area contributed by atoms with Crippen LogP contribution in [0.1, 0.15) is 18.4 Å². The van der Waals surface area contributed by atoms with Crippen molar-refractivity contribution >= 4 is 11.9 Å². The van der Waals surface area contributed by atoms with Gasteiger partial charge in [0.25, 0.3) is 0 Å². The van der Waals surface area contributed by atoms with E-state index in [0.29, 0.717) is 13.0 Å². The first kappa shape index (κ1) is 20.1. The van der Waals surface area contributed by atoms with Crippen LogP contribution in [0.4, 0.5) is 0 Å². The molecule has 0 aromatic heterocycles. The molecule has 0 aliphatic heterocycles. The van der Waals surface area contributed by atoms with Crippen molar-refractivity contribution in [2.24, 2.45) is 0 Å². The summed E-state index contributed by atoms with van der Waals surface area (Å²) in [6.07, 6.45) is 0.519. The third kappa shape index (κ3) is 6.21. The van der Waals surface area contributed by atoms with Gasteiger partial charge in [-0.15, -0.1) is 0 Å². The Hall–Kier alpha value is -3.60. The number of carboxylic acid groups (broad SMARTS) is 1. The fraction of sp³-hybridized carbons (Fsp3) is 0.167. The van der Waals surface area contributed by atoms with Crippen LogP contribution in [0.3, 0.4) is 0 Å². The number of nitrogens with one attached hydrogen (secondary N) is 1. The van der Waals surface area contributed by atoms with Gasteiger partial charge in [-0.2, -0.15) is 0 Å². The number of hydrogen-bond donors (Lipinski definition) is 2. The van der Waals surface area contributed by atoms with Gasteiger partial charge < -0.3 is 15.2 Å². The Labute approximate surface area is 170 Å². The molecule has 0 spiro atoms. The van der Waals surface area contributed by atoms with Gasteiger partial charge in [-0.25, -0.2) is 0 Å². The van der Waals surface area contributed by atoms with E-state index in [0.717, 1.165) is 28.2 Å². The quantitative estimate of drug-likeness (QED) is 0.558. The summed E-state index contributed by atoms with van der Waals surface area (Å²) in [6.45, 7) is 0.468. The fourth-order valence-corrected chi connectivity index (χ4v) is 2.92. The van der Waals surface area contributed by atoms with Crippen LogP contribution in [0, 0.1) is 0 Å². The highest BCUT2D eigenvalue weighted by Crippen LogP contribution is 2.33. The van der Waals surface area contributed by atoms with Crippen LogP contribution in [0.2, 0.25) is 0 Å². The predicted octanol–water partition coefficient (Wildman–Crippen LogP) is 4.67. The Balaban J connectivity index is 1.56. The lowest BCUT2D eigenvalue weighted by molar-refractivity contribution is -0.138. The zero-order valence-corrected chi connectivity index (χ0v) is 16.0. The molecule has 0 radical (unpaired) electrons. The molecular formula is C24H23NO4. The smallest absolute Gasteiger partial charge is 0.303 e. The van der Waals surface area contributed by atoms with Gasteiger partial charge in [-0.3, -0.25) is 9.59 Å². The van der Waals surface area contributed by atoms with Crippen LogP contribution < -0.4 is 10.1 Å². The van der Waals surface area contributed by atoms with Gasteiger partial charge in [-0.05, 0) is 35.7 Å². The summed E-state index contributed by atoms with van der Waals surface area (Å²) in [6, 6.07) is 25.7. The second kappa shape index (κ2) is 10.1. The number of rotatable bonds is 9. The van der Waals surface area contributed by atoms with Crippen molar-refractivity contribution in [3.05, 3.63) is 84.4 Å². The second-order valence-corrected chi connectivity index (χ2v) is 6.60. The molecule has 0 aliphatic rings. The maximum Gasteiger partial charge on any atom is 0.303 e. The highest BCUT2D eigenvalue weighted by atomic mass is 16.5. The molecular weight excluding hydrogens is 366 g/mol. The maximum atomic E-state index is 11.5. The molecule has 5 heteroatoms. The molecule has 0 saturated carbocycles. The lowest BCUT2D eigenvalue weighted by Gasteiger charge is -2.12. The first-order valence-electron chi connectivity index (χ1n) is 9.51. The van der Waals surface area contributed by atoms with Gasteiger partial charge in [0.05, 0.1) is 6.42 Å². The molecule has 3 aromatic rings. The van der Waals surface area contributed by atoms with Crippen LogP contribution >= 0.6 is 0 Å². The number of hydrogen-bond acceptors (Lipinski definition) is 3. The average molecular weight is 389 g/mol. The van der Waals surface area contributed by atoms with Crippen LogP contribution in [0.5, 0.6) is 11.5 Å². The standard InChI is InChI=1S/C24H23NO4/c26-23(14-15-24(27)28)25-17-16-18-10-12-20(13-11-18)29-22-9-5-4-8-21(22)19-6-2-1-3-7-19/h1-13H,14-17H2,(H,25,26)(H,27,28). The number of aliphatic carboxylic acids is 1. The molecule has 0 saturated heterocycles. The fourth-order valence-electron chi connectivity index (χ4n) is 2.92. The SMILES string of the molecule is O=C(O)CCC(=O)NCCc1ccc(Oc2ccccc2-c2ccccc2)cc1. The lowest BCUT2D eigenvalue weighted by atomic mass is 10.0. The molecule has 148 valence electrons. The summed E-state index contributed by atoms with van der Waals surface area (Å²) >= 11 is 0. The van der Waals surface area contributed by atoms with Crippen molar-refractivity contribution in [1.29, 1.82) is 0 Å². The zero-order valence-electron chi connectivity index (χ0n) is 16.0. The first-order chi connectivity index (χ1) is 14.1. The van der Waals surface area contributed by atoms with E-state index >= 15 is 0 Å². The average Bonchev–Trinajstić information content (AvgIpc) is 2.74. The van der Waals surface area contributed by atoms with Crippen molar-refractivity contribution in [3.63, 3.8) is 0 Å². The number of carbonyl (C=O) groups excluding carboxylic acids is 1. The second-order valence-electron chi connectivity index (χ2n) is 6.60. The molecule has 2 N–H and O–H groups in total. The highest BCUT2D eigenvalue weighted by Gasteiger charge is 2.07. The van der Waals surface area contributed by atoms with Crippen molar-refractivity contribution in [3.8, 4) is 22.6 Å². The minimum Gasteiger partial charge on any atom is -0.481 e. The van der Waals surface area contributed by atoms with Gasteiger partial charge >= 0.3 is 5.97 Å². The van der Waals surface area contributed by atoms with Crippen molar-refractivity contribution < 1.29 is 19.4 Å². The van der Waals surface area contributed by atoms with Gasteiger partial charge in [0.2, 0.25) is 5.91 Å². The van der Waals surface area contributed by atoms with E-state index < -0.39 is 5.97 Å². The third-order valence-corrected chi connectivity index (χ3v) is 4.42. The number of benzene rings is 3. The Morgan fingerprint density at radius 2 is 1.52 bits per heavy atom. The van der Waals surface area contributed by atoms with E-state index in [2.05, 4.69) is 17.4 Å². The zero-order chi connectivity index (χ0) is 20.5. The van der Waals surface area contributed by atoms with Crippen molar-refractivity contribution in [2.75, 3.05) is 6.54 Å². The summed E-state index contributed by atoms with van der Waals surface area (Å²) in [7, 11) is 0. The van der Waals surface area contributed by atoms with Crippen LogP contribution in [0.15, 0.2) is 78.9 Å². The Bertz CT molecular complexity index is 952. The summed E-state index contributed by atoms with van der Waals surface area (Å²) < 4.78 is 6.09. The summed E-state index contributed by atoms with van der Waals surface area (Å²) in [4.78, 5) is 22.0. The molecule has 29 heavy (non-hydrogen) atoms. The Morgan fingerprint density at radius 1 is 0.828 bits per heavy atom. The number of carbonyl (C=O) groups is 2. The molecule has 0 heterocycles. The van der Waals surface area contributed by atoms with Crippen LogP contribution in [-0.2, 0) is 16.0 Å². The van der Waals surface area contributed by atoms with Gasteiger partial charge in [0.1, 0.15) is 11.5 Å². The lowest BCUT2D eigenvalue weighted by Crippen LogP contribution is -2.25. The Kier molecular flexibility index (Phi) is 7.00. The molecule has 0 aliphatic carbocycles. The number of amides is 1. The van der Waals surface area contributed by atoms with Gasteiger partial charge in [-0.1, -0.05) is 60.7 Å². The largest absolute Gasteiger partial charge is 0.481 e. The van der Waals surface area contributed by atoms with Crippen LogP contribution in [-0.4, -0.2) is 23.5 Å². The maximum absolute atomic E-state index is 11.5. The Morgan fingerprint density at radius 3 is 2.24 bits per heavy atom. The van der Waals surface area contributed by atoms with Crippen molar-refractivity contribution in [1.82, 2.24) is 5.32 Å². The van der Waals surface area contributed by atoms with Gasteiger partial charge in [0, 0.05) is 18.5 Å². The molecule has 5 nitrogen and oxygen atoms in total. The van der Waals surface area contributed by atoms with E-state index in [4.69, 9.17) is 9.84 Å². The molecule has 3 aromatic carbocycles. The molecule has 3 rings (SSSR count). The molecule has 1 amide bonds. The van der Waals surface area contributed by atoms with E-state index in [1.165, 1.54) is 0 Å². The topological polar surface area (TPSA) is 75.6 Å². The minimum atomic E-state index is -0.968. The summed E-state index contributed by atoms with van der Waals surface area (Å²) in [5.41, 5.74) is 3.19. The number of carboxylic acids is 1. The molecule has 0 bridgehead atoms. The highest BCUT2D eigenvalue weighted by molar-refractivity contribution is 5.80. The normalized spacial score (nSPS) is 10.3. The molecule has 0 unspecified atom stereocenters. The van der Waals surface area contributed by atoms with Crippen LogP contribution in [0.25, 0.3) is 11.1 Å². The first-order valence-corrected chi connectivity index (χ1v) is 9.51. The predicted molar refractivity (Wildman–Crippen MR) is 112 cm³/mol. The van der Waals surface area contributed by atoms with Crippen molar-refractivity contribution in [2.45, 2.75) is 19.3 Å². The summed E-state index contributed by atoms with van der Waals surface area (Å²) in [5, 5.41) is 11.3. The molecule has 0 fully saturated rings. The van der Waals surface area contributed by atoms with E-state index in [1.807, 2.05) is 66.7 Å². The van der Waals surface area contributed by atoms with E-state index in [9.17, 15) is 9.59 Å². The third-order valence-electron chi connectivity index (χ3n) is 4.42. The number of ether oxygens (including phenoxy) is 1. The monoisotopic (exact) mass is 389 g/mol. The van der Waals surface area contributed by atoms with E-state index in [-0.39, 0.29) is 18.7 Å². The van der Waals surface area contributed by atoms with E-state index in [1.54, 1.807) is 0 Å². The summed E-state index contributed by atoms with van der Waals surface area (Å²) in [5.74, 6) is 0.314. The molecule has 0 atom stereocenters. The minimum absolute atomic E-state index is 0.00291.